The molecule has 2 atom stereocenters. The van der Waals surface area contributed by atoms with Gasteiger partial charge in [-0.2, -0.15) is 0 Å². The smallest absolute Gasteiger partial charge is 0.355 e. The fourth-order valence-corrected chi connectivity index (χ4v) is 8.22. The molecule has 1 aromatic heterocycles. The number of H-pyrrole nitrogens is 1. The number of aromatic amines is 1. The Morgan fingerprint density at radius 1 is 1.00 bits per heavy atom. The lowest BCUT2D eigenvalue weighted by atomic mass is 9.49. The Morgan fingerprint density at radius 3 is 2.22 bits per heavy atom. The van der Waals surface area contributed by atoms with Gasteiger partial charge in [0.25, 0.3) is 0 Å². The Kier molecular flexibility index (Phi) is 6.45. The Morgan fingerprint density at radius 2 is 1.62 bits per heavy atom. The van der Waals surface area contributed by atoms with Crippen molar-refractivity contribution in [1.29, 1.82) is 0 Å². The minimum Gasteiger partial charge on any atom is -0.462 e. The second-order valence-corrected chi connectivity index (χ2v) is 11.6. The number of aromatic nitrogens is 1. The Bertz CT molecular complexity index is 908. The molecule has 5 rings (SSSR count). The van der Waals surface area contributed by atoms with E-state index in [4.69, 9.17) is 14.2 Å². The van der Waals surface area contributed by atoms with Crippen molar-refractivity contribution in [2.24, 2.45) is 17.3 Å². The number of esters is 3. The maximum Gasteiger partial charge on any atom is 0.355 e. The van der Waals surface area contributed by atoms with Crippen LogP contribution in [0.2, 0.25) is 0 Å². The van der Waals surface area contributed by atoms with Gasteiger partial charge in [-0.25, -0.2) is 9.59 Å². The largest absolute Gasteiger partial charge is 0.462 e. The van der Waals surface area contributed by atoms with Crippen molar-refractivity contribution in [3.63, 3.8) is 0 Å². The Balaban J connectivity index is 1.47. The average Bonchev–Trinajstić information content (AvgIpc) is 3.01. The zero-order valence-corrected chi connectivity index (χ0v) is 20.6. The zero-order chi connectivity index (χ0) is 23.1. The maximum atomic E-state index is 12.9. The van der Waals surface area contributed by atoms with E-state index < -0.39 is 11.9 Å². The van der Waals surface area contributed by atoms with Crippen molar-refractivity contribution in [3.8, 4) is 0 Å². The van der Waals surface area contributed by atoms with Crippen molar-refractivity contribution in [1.82, 2.24) is 4.98 Å². The molecule has 0 saturated heterocycles. The molecule has 4 bridgehead atoms. The molecule has 0 radical (unpaired) electrons. The van der Waals surface area contributed by atoms with Crippen LogP contribution < -0.4 is 0 Å². The van der Waals surface area contributed by atoms with Crippen LogP contribution in [0.1, 0.15) is 90.9 Å². The quantitative estimate of drug-likeness (QED) is 0.306. The van der Waals surface area contributed by atoms with E-state index in [9.17, 15) is 14.4 Å². The van der Waals surface area contributed by atoms with Gasteiger partial charge in [0.15, 0.2) is 0 Å². The standard InChI is InChI=1S/C24H32BrNO6/c1-4-30-21(28)19-14(3)20(22(29)31-5-2)26-17(19)12-32-18(27)11-23-7-15-6-16(8-23)10-24(25,9-15)13-23/h15-16,26H,4-13H2,1-3H3/t15-,16-,23?,24?/m0/s1. The highest BCUT2D eigenvalue weighted by Gasteiger charge is 2.57. The number of carbonyl (C=O) groups excluding carboxylic acids is 3. The summed E-state index contributed by atoms with van der Waals surface area (Å²) >= 11 is 3.98. The predicted octanol–water partition coefficient (Wildman–Crippen LogP) is 4.84. The molecule has 176 valence electrons. The molecule has 8 heteroatoms. The highest BCUT2D eigenvalue weighted by atomic mass is 79.9. The predicted molar refractivity (Wildman–Crippen MR) is 121 cm³/mol. The summed E-state index contributed by atoms with van der Waals surface area (Å²) in [4.78, 5) is 40.6. The summed E-state index contributed by atoms with van der Waals surface area (Å²) in [7, 11) is 0. The summed E-state index contributed by atoms with van der Waals surface area (Å²) in [5, 5.41) is 0. The van der Waals surface area contributed by atoms with E-state index in [-0.39, 0.29) is 46.8 Å². The van der Waals surface area contributed by atoms with Crippen LogP contribution in [0.15, 0.2) is 0 Å². The molecule has 0 unspecified atom stereocenters. The molecule has 0 aliphatic heterocycles. The first kappa shape index (κ1) is 23.3. The van der Waals surface area contributed by atoms with Crippen LogP contribution in [0.5, 0.6) is 0 Å². The number of rotatable bonds is 8. The van der Waals surface area contributed by atoms with Crippen LogP contribution in [-0.2, 0) is 25.6 Å². The van der Waals surface area contributed by atoms with Crippen LogP contribution in [0.3, 0.4) is 0 Å². The molecule has 32 heavy (non-hydrogen) atoms. The molecule has 0 amide bonds. The van der Waals surface area contributed by atoms with E-state index in [2.05, 4.69) is 20.9 Å². The lowest BCUT2D eigenvalue weighted by Gasteiger charge is -2.60. The highest BCUT2D eigenvalue weighted by molar-refractivity contribution is 9.10. The van der Waals surface area contributed by atoms with Crippen LogP contribution >= 0.6 is 15.9 Å². The molecule has 4 aliphatic rings. The monoisotopic (exact) mass is 509 g/mol. The zero-order valence-electron chi connectivity index (χ0n) is 19.1. The summed E-state index contributed by atoms with van der Waals surface area (Å²) < 4.78 is 16.0. The molecule has 4 saturated carbocycles. The third-order valence-electron chi connectivity index (χ3n) is 7.29. The third-order valence-corrected chi connectivity index (χ3v) is 8.22. The normalized spacial score (nSPS) is 30.2. The minimum atomic E-state index is -0.552. The van der Waals surface area contributed by atoms with Crippen LogP contribution in [0, 0.1) is 24.2 Å². The average molecular weight is 510 g/mol. The number of ether oxygens (including phenoxy) is 3. The van der Waals surface area contributed by atoms with Gasteiger partial charge in [-0.15, -0.1) is 0 Å². The molecule has 1 N–H and O–H groups in total. The van der Waals surface area contributed by atoms with Crippen molar-refractivity contribution in [2.45, 2.75) is 76.6 Å². The summed E-state index contributed by atoms with van der Waals surface area (Å²) in [5.41, 5.74) is 1.23. The SMILES string of the molecule is CCOC(=O)c1[nH]c(COC(=O)CC23C[C@@H]4C[C@H](CC(Br)(C4)C2)C3)c(C(=O)OCC)c1C. The molecule has 4 aliphatic carbocycles. The highest BCUT2D eigenvalue weighted by Crippen LogP contribution is 2.65. The van der Waals surface area contributed by atoms with Gasteiger partial charge in [0.1, 0.15) is 12.3 Å². The van der Waals surface area contributed by atoms with Gasteiger partial charge in [-0.05, 0) is 82.1 Å². The number of hydrogen-bond donors (Lipinski definition) is 1. The van der Waals surface area contributed by atoms with E-state index in [1.807, 2.05) is 0 Å². The number of alkyl halides is 1. The van der Waals surface area contributed by atoms with Gasteiger partial charge in [-0.1, -0.05) is 15.9 Å². The molecule has 1 aromatic rings. The van der Waals surface area contributed by atoms with E-state index in [1.165, 1.54) is 19.3 Å². The first-order chi connectivity index (χ1) is 15.2. The first-order valence-electron chi connectivity index (χ1n) is 11.6. The van der Waals surface area contributed by atoms with E-state index >= 15 is 0 Å². The lowest BCUT2D eigenvalue weighted by molar-refractivity contribution is -0.152. The Hall–Kier alpha value is -1.83. The molecule has 0 aromatic carbocycles. The van der Waals surface area contributed by atoms with Gasteiger partial charge in [0, 0.05) is 4.32 Å². The number of carbonyl (C=O) groups is 3. The second kappa shape index (κ2) is 8.84. The minimum absolute atomic E-state index is 0.0103. The molecular formula is C24H32BrNO6. The van der Waals surface area contributed by atoms with Gasteiger partial charge >= 0.3 is 17.9 Å². The van der Waals surface area contributed by atoms with Crippen LogP contribution in [0.4, 0.5) is 0 Å². The molecule has 1 heterocycles. The van der Waals surface area contributed by atoms with Crippen LogP contribution in [0.25, 0.3) is 0 Å². The van der Waals surface area contributed by atoms with E-state index in [0.29, 0.717) is 29.5 Å². The topological polar surface area (TPSA) is 94.7 Å². The molecule has 7 nitrogen and oxygen atoms in total. The summed E-state index contributed by atoms with van der Waals surface area (Å²) in [6.45, 7) is 5.40. The summed E-state index contributed by atoms with van der Waals surface area (Å²) in [6, 6.07) is 0. The molecule has 0 spiro atoms. The summed E-state index contributed by atoms with van der Waals surface area (Å²) in [5.74, 6) is 0.0198. The summed E-state index contributed by atoms with van der Waals surface area (Å²) in [6.07, 6.45) is 7.30. The maximum absolute atomic E-state index is 12.9. The van der Waals surface area contributed by atoms with Gasteiger partial charge in [0.05, 0.1) is 30.9 Å². The van der Waals surface area contributed by atoms with Crippen molar-refractivity contribution < 1.29 is 28.6 Å². The number of hydrogen-bond acceptors (Lipinski definition) is 6. The van der Waals surface area contributed by atoms with E-state index in [1.54, 1.807) is 20.8 Å². The molecular weight excluding hydrogens is 478 g/mol. The fraction of sp³-hybridized carbons (Fsp3) is 0.708. The van der Waals surface area contributed by atoms with Crippen molar-refractivity contribution in [3.05, 3.63) is 22.5 Å². The van der Waals surface area contributed by atoms with Gasteiger partial charge in [-0.3, -0.25) is 4.79 Å². The lowest BCUT2D eigenvalue weighted by Crippen LogP contribution is -2.53. The second-order valence-electron chi connectivity index (χ2n) is 9.87. The fourth-order valence-electron chi connectivity index (χ4n) is 6.71. The van der Waals surface area contributed by atoms with Gasteiger partial charge < -0.3 is 19.2 Å². The third kappa shape index (κ3) is 4.47. The Labute approximate surface area is 197 Å². The van der Waals surface area contributed by atoms with Crippen molar-refractivity contribution >= 4 is 33.8 Å². The van der Waals surface area contributed by atoms with E-state index in [0.717, 1.165) is 19.3 Å². The first-order valence-corrected chi connectivity index (χ1v) is 12.4. The van der Waals surface area contributed by atoms with Gasteiger partial charge in [0.2, 0.25) is 0 Å². The number of nitrogens with one attached hydrogen (secondary N) is 1. The van der Waals surface area contributed by atoms with Crippen LogP contribution in [-0.4, -0.2) is 40.4 Å². The molecule has 4 fully saturated rings. The number of halogens is 1. The van der Waals surface area contributed by atoms with Crippen molar-refractivity contribution in [2.75, 3.05) is 13.2 Å².